The molecule has 2 rings (SSSR count). The van der Waals surface area contributed by atoms with Crippen molar-refractivity contribution in [3.8, 4) is 0 Å². The van der Waals surface area contributed by atoms with Crippen molar-refractivity contribution in [2.24, 2.45) is 5.92 Å². The molecule has 0 spiro atoms. The van der Waals surface area contributed by atoms with Gasteiger partial charge in [-0.1, -0.05) is 6.92 Å². The number of hydrogen-bond donors (Lipinski definition) is 3. The summed E-state index contributed by atoms with van der Waals surface area (Å²) in [5.41, 5.74) is 4.95. The van der Waals surface area contributed by atoms with Gasteiger partial charge in [0.2, 0.25) is 0 Å². The normalized spacial score (nSPS) is 31.8. The number of aliphatic hydroxyl groups is 2. The van der Waals surface area contributed by atoms with E-state index in [0.29, 0.717) is 4.47 Å². The van der Waals surface area contributed by atoms with E-state index in [0.717, 1.165) is 0 Å². The Morgan fingerprint density at radius 2 is 2.33 bits per heavy atom. The maximum Gasteiger partial charge on any atom is 0.351 e. The smallest absolute Gasteiger partial charge is 0.351 e. The summed E-state index contributed by atoms with van der Waals surface area (Å²) >= 11 is 3.18. The highest BCUT2D eigenvalue weighted by atomic mass is 79.9. The van der Waals surface area contributed by atoms with Crippen molar-refractivity contribution in [3.63, 3.8) is 0 Å². The molecular weight excluding hydrogens is 306 g/mol. The SMILES string of the molecule is C[C@@H]1[C@H](O)[C@@H](CO)O[C@H]1n1cc(Br)c(N)nc1=O. The van der Waals surface area contributed by atoms with Crippen molar-refractivity contribution in [3.05, 3.63) is 21.2 Å². The summed E-state index contributed by atoms with van der Waals surface area (Å²) in [6.45, 7) is 1.43. The first-order valence-electron chi connectivity index (χ1n) is 5.44. The second-order valence-corrected chi connectivity index (χ2v) is 5.12. The van der Waals surface area contributed by atoms with Gasteiger partial charge in [0.1, 0.15) is 18.1 Å². The maximum atomic E-state index is 11.8. The number of nitrogen functional groups attached to an aromatic ring is 1. The van der Waals surface area contributed by atoms with Crippen LogP contribution in [0.2, 0.25) is 0 Å². The van der Waals surface area contributed by atoms with Crippen molar-refractivity contribution in [2.45, 2.75) is 25.4 Å². The molecule has 0 aliphatic carbocycles. The minimum absolute atomic E-state index is 0.0983. The lowest BCUT2D eigenvalue weighted by Gasteiger charge is -2.18. The highest BCUT2D eigenvalue weighted by Crippen LogP contribution is 2.33. The fourth-order valence-corrected chi connectivity index (χ4v) is 2.31. The number of ether oxygens (including phenoxy) is 1. The van der Waals surface area contributed by atoms with Gasteiger partial charge in [-0.15, -0.1) is 0 Å². The van der Waals surface area contributed by atoms with Gasteiger partial charge in [0.15, 0.2) is 0 Å². The standard InChI is InChI=1S/C10H14BrN3O4/c1-4-7(16)6(3-15)18-9(4)14-2-5(11)8(12)13-10(14)17/h2,4,6-7,9,15-16H,3H2,1H3,(H2,12,13,17)/t4-,6-,7+,9-/m1/s1. The Labute approximate surface area is 111 Å². The zero-order chi connectivity index (χ0) is 13.4. The number of aromatic nitrogens is 2. The zero-order valence-corrected chi connectivity index (χ0v) is 11.2. The Bertz CT molecular complexity index is 506. The van der Waals surface area contributed by atoms with Gasteiger partial charge in [-0.2, -0.15) is 4.98 Å². The van der Waals surface area contributed by atoms with Crippen LogP contribution in [0.25, 0.3) is 0 Å². The third-order valence-electron chi connectivity index (χ3n) is 3.07. The minimum Gasteiger partial charge on any atom is -0.394 e. The Morgan fingerprint density at radius 1 is 1.67 bits per heavy atom. The first-order valence-corrected chi connectivity index (χ1v) is 6.23. The summed E-state index contributed by atoms with van der Waals surface area (Å²) in [5, 5.41) is 18.9. The van der Waals surface area contributed by atoms with Gasteiger partial charge in [-0.3, -0.25) is 4.57 Å². The lowest BCUT2D eigenvalue weighted by Crippen LogP contribution is -2.31. The summed E-state index contributed by atoms with van der Waals surface area (Å²) in [4.78, 5) is 15.4. The molecule has 1 fully saturated rings. The fraction of sp³-hybridized carbons (Fsp3) is 0.600. The van der Waals surface area contributed by atoms with E-state index in [1.54, 1.807) is 6.92 Å². The zero-order valence-electron chi connectivity index (χ0n) is 9.65. The third kappa shape index (κ3) is 2.16. The third-order valence-corrected chi connectivity index (χ3v) is 3.68. The number of nitrogens with zero attached hydrogens (tertiary/aromatic N) is 2. The van der Waals surface area contributed by atoms with E-state index in [9.17, 15) is 9.90 Å². The van der Waals surface area contributed by atoms with Gasteiger partial charge in [0, 0.05) is 12.1 Å². The number of nitrogens with two attached hydrogens (primary N) is 1. The molecule has 4 atom stereocenters. The molecule has 4 N–H and O–H groups in total. The molecule has 18 heavy (non-hydrogen) atoms. The van der Waals surface area contributed by atoms with Crippen LogP contribution < -0.4 is 11.4 Å². The maximum absolute atomic E-state index is 11.8. The number of rotatable bonds is 2. The van der Waals surface area contributed by atoms with Gasteiger partial charge in [-0.05, 0) is 15.9 Å². The second kappa shape index (κ2) is 4.96. The topological polar surface area (TPSA) is 111 Å². The molecule has 100 valence electrons. The summed E-state index contributed by atoms with van der Waals surface area (Å²) in [5.74, 6) is -0.238. The van der Waals surface area contributed by atoms with Gasteiger partial charge in [0.25, 0.3) is 0 Å². The van der Waals surface area contributed by atoms with E-state index in [-0.39, 0.29) is 18.3 Å². The van der Waals surface area contributed by atoms with Gasteiger partial charge in [-0.25, -0.2) is 4.79 Å². The van der Waals surface area contributed by atoms with Crippen molar-refractivity contribution < 1.29 is 14.9 Å². The molecule has 0 amide bonds. The highest BCUT2D eigenvalue weighted by Gasteiger charge is 2.42. The average molecular weight is 320 g/mol. The fourth-order valence-electron chi connectivity index (χ4n) is 2.00. The number of aliphatic hydroxyl groups excluding tert-OH is 2. The van der Waals surface area contributed by atoms with Gasteiger partial charge in [0.05, 0.1) is 17.2 Å². The average Bonchev–Trinajstić information content (AvgIpc) is 2.61. The quantitative estimate of drug-likeness (QED) is 0.676. The van der Waals surface area contributed by atoms with Crippen LogP contribution in [0, 0.1) is 5.92 Å². The van der Waals surface area contributed by atoms with Crippen LogP contribution in [0.1, 0.15) is 13.2 Å². The predicted molar refractivity (Wildman–Crippen MR) is 66.8 cm³/mol. The molecule has 2 heterocycles. The van der Waals surface area contributed by atoms with Crippen LogP contribution in [0.5, 0.6) is 0 Å². The molecule has 1 aliphatic heterocycles. The molecule has 1 saturated heterocycles. The van der Waals surface area contributed by atoms with Gasteiger partial charge < -0.3 is 20.7 Å². The van der Waals surface area contributed by atoms with Crippen LogP contribution in [-0.2, 0) is 4.74 Å². The van der Waals surface area contributed by atoms with Crippen molar-refractivity contribution in [1.29, 1.82) is 0 Å². The molecule has 8 heteroatoms. The summed E-state index contributed by atoms with van der Waals surface area (Å²) in [7, 11) is 0. The molecule has 0 bridgehead atoms. The Morgan fingerprint density at radius 3 is 2.89 bits per heavy atom. The van der Waals surface area contributed by atoms with Crippen molar-refractivity contribution in [2.75, 3.05) is 12.3 Å². The Balaban J connectivity index is 2.39. The lowest BCUT2D eigenvalue weighted by molar-refractivity contribution is -0.0477. The lowest BCUT2D eigenvalue weighted by atomic mass is 10.0. The Kier molecular flexibility index (Phi) is 3.71. The minimum atomic E-state index is -0.830. The molecular formula is C10H14BrN3O4. The number of halogens is 1. The van der Waals surface area contributed by atoms with Crippen LogP contribution in [0.3, 0.4) is 0 Å². The van der Waals surface area contributed by atoms with Crippen LogP contribution >= 0.6 is 15.9 Å². The molecule has 1 aliphatic rings. The van der Waals surface area contributed by atoms with Crippen LogP contribution in [-0.4, -0.2) is 38.6 Å². The van der Waals surface area contributed by atoms with E-state index in [1.807, 2.05) is 0 Å². The first kappa shape index (κ1) is 13.5. The van der Waals surface area contributed by atoms with Crippen LogP contribution in [0.15, 0.2) is 15.5 Å². The summed E-state index contributed by atoms with van der Waals surface area (Å²) in [6.07, 6.45) is -0.733. The molecule has 0 unspecified atom stereocenters. The molecule has 1 aromatic heterocycles. The van der Waals surface area contributed by atoms with Crippen molar-refractivity contribution >= 4 is 21.7 Å². The Hall–Kier alpha value is -0.960. The number of hydrogen-bond acceptors (Lipinski definition) is 6. The van der Waals surface area contributed by atoms with E-state index >= 15 is 0 Å². The molecule has 1 aromatic rings. The van der Waals surface area contributed by atoms with Crippen LogP contribution in [0.4, 0.5) is 5.82 Å². The van der Waals surface area contributed by atoms with E-state index in [4.69, 9.17) is 15.6 Å². The molecule has 7 nitrogen and oxygen atoms in total. The number of anilines is 1. The predicted octanol–water partition coefficient (Wildman–Crippen LogP) is -0.525. The van der Waals surface area contributed by atoms with Gasteiger partial charge >= 0.3 is 5.69 Å². The van der Waals surface area contributed by atoms with E-state index < -0.39 is 24.1 Å². The highest BCUT2D eigenvalue weighted by molar-refractivity contribution is 9.10. The first-order chi connectivity index (χ1) is 8.45. The molecule has 0 radical (unpaired) electrons. The monoisotopic (exact) mass is 319 g/mol. The summed E-state index contributed by atoms with van der Waals surface area (Å²) < 4.78 is 7.18. The molecule has 0 aromatic carbocycles. The summed E-state index contributed by atoms with van der Waals surface area (Å²) in [6, 6.07) is 0. The van der Waals surface area contributed by atoms with Crippen molar-refractivity contribution in [1.82, 2.24) is 9.55 Å². The van der Waals surface area contributed by atoms with E-state index in [2.05, 4.69) is 20.9 Å². The molecule has 0 saturated carbocycles. The largest absolute Gasteiger partial charge is 0.394 e. The van der Waals surface area contributed by atoms with E-state index in [1.165, 1.54) is 10.8 Å². The second-order valence-electron chi connectivity index (χ2n) is 4.26.